The van der Waals surface area contributed by atoms with Gasteiger partial charge in [0, 0.05) is 11.6 Å². The molecule has 1 atom stereocenters. The number of hydrogen-bond acceptors (Lipinski definition) is 7. The minimum absolute atomic E-state index is 0.0895. The molecule has 0 aliphatic heterocycles. The van der Waals surface area contributed by atoms with E-state index in [0.717, 1.165) is 0 Å². The fraction of sp³-hybridized carbons (Fsp3) is 0.160. The topological polar surface area (TPSA) is 137 Å². The summed E-state index contributed by atoms with van der Waals surface area (Å²) in [6.45, 7) is -0.590. The largest absolute Gasteiger partial charge is 0.494 e. The Balaban J connectivity index is 1.61. The van der Waals surface area contributed by atoms with Crippen LogP contribution in [-0.2, 0) is 14.3 Å². The van der Waals surface area contributed by atoms with Crippen molar-refractivity contribution in [3.8, 4) is 5.75 Å². The zero-order valence-corrected chi connectivity index (χ0v) is 18.8. The molecule has 2 amide bonds. The molecule has 3 rings (SSSR count). The maximum atomic E-state index is 12.6. The third-order valence-electron chi connectivity index (χ3n) is 4.95. The second-order valence-corrected chi connectivity index (χ2v) is 7.36. The molecule has 0 aliphatic rings. The van der Waals surface area contributed by atoms with Crippen LogP contribution in [0.3, 0.4) is 0 Å². The quantitative estimate of drug-likeness (QED) is 0.258. The molecule has 0 aromatic heterocycles. The number of hydrogen-bond donors (Lipinski definition) is 2. The molecule has 35 heavy (non-hydrogen) atoms. The van der Waals surface area contributed by atoms with E-state index in [0.29, 0.717) is 11.1 Å². The van der Waals surface area contributed by atoms with Gasteiger partial charge in [0.2, 0.25) is 0 Å². The zero-order chi connectivity index (χ0) is 25.2. The van der Waals surface area contributed by atoms with Crippen LogP contribution in [0.2, 0.25) is 0 Å². The van der Waals surface area contributed by atoms with E-state index in [1.165, 1.54) is 25.3 Å². The van der Waals surface area contributed by atoms with Crippen LogP contribution in [0, 0.1) is 10.1 Å². The fourth-order valence-electron chi connectivity index (χ4n) is 3.22. The van der Waals surface area contributed by atoms with E-state index in [9.17, 15) is 24.5 Å². The first-order valence-corrected chi connectivity index (χ1v) is 10.6. The van der Waals surface area contributed by atoms with E-state index in [2.05, 4.69) is 10.6 Å². The van der Waals surface area contributed by atoms with Gasteiger partial charge in [-0.25, -0.2) is 0 Å². The minimum Gasteiger partial charge on any atom is -0.494 e. The van der Waals surface area contributed by atoms with Crippen molar-refractivity contribution in [2.75, 3.05) is 19.0 Å². The summed E-state index contributed by atoms with van der Waals surface area (Å²) >= 11 is 0. The van der Waals surface area contributed by atoms with Gasteiger partial charge in [-0.3, -0.25) is 24.5 Å². The highest BCUT2D eigenvalue weighted by atomic mass is 16.6. The van der Waals surface area contributed by atoms with E-state index in [1.807, 2.05) is 6.07 Å². The molecule has 0 saturated carbocycles. The molecular formula is C25H23N3O7. The van der Waals surface area contributed by atoms with Gasteiger partial charge in [0.15, 0.2) is 6.61 Å². The highest BCUT2D eigenvalue weighted by Gasteiger charge is 2.21. The summed E-state index contributed by atoms with van der Waals surface area (Å²) < 4.78 is 10.2. The first-order chi connectivity index (χ1) is 16.9. The lowest BCUT2D eigenvalue weighted by molar-refractivity contribution is -0.384. The molecule has 3 aromatic carbocycles. The molecule has 0 spiro atoms. The Bertz CT molecular complexity index is 1200. The fourth-order valence-corrected chi connectivity index (χ4v) is 3.22. The number of non-ortho nitro benzene ring substituents is 1. The number of carbonyl (C=O) groups excluding carboxylic acids is 3. The SMILES string of the molecule is COc1cc([N+](=O)[O-])ccc1NC(=O)COC(=O)CC(NC(=O)c1ccccc1)c1ccccc1. The van der Waals surface area contributed by atoms with Crippen molar-refractivity contribution in [2.24, 2.45) is 0 Å². The van der Waals surface area contributed by atoms with Gasteiger partial charge < -0.3 is 20.1 Å². The highest BCUT2D eigenvalue weighted by Crippen LogP contribution is 2.29. The van der Waals surface area contributed by atoms with Gasteiger partial charge in [0.25, 0.3) is 17.5 Å². The Hall–Kier alpha value is -4.73. The number of ether oxygens (including phenoxy) is 2. The van der Waals surface area contributed by atoms with E-state index >= 15 is 0 Å². The molecule has 3 aromatic rings. The average Bonchev–Trinajstić information content (AvgIpc) is 2.88. The van der Waals surface area contributed by atoms with Crippen LogP contribution in [0.1, 0.15) is 28.4 Å². The summed E-state index contributed by atoms with van der Waals surface area (Å²) in [5.41, 5.74) is 1.14. The molecule has 0 heterocycles. The summed E-state index contributed by atoms with van der Waals surface area (Å²) in [4.78, 5) is 47.7. The monoisotopic (exact) mass is 477 g/mol. The predicted molar refractivity (Wildman–Crippen MR) is 127 cm³/mol. The number of rotatable bonds is 10. The Morgan fingerprint density at radius 3 is 2.26 bits per heavy atom. The van der Waals surface area contributed by atoms with Crippen molar-refractivity contribution in [3.63, 3.8) is 0 Å². The molecule has 0 aliphatic carbocycles. The predicted octanol–water partition coefficient (Wildman–Crippen LogP) is 3.65. The molecule has 180 valence electrons. The smallest absolute Gasteiger partial charge is 0.308 e. The summed E-state index contributed by atoms with van der Waals surface area (Å²) in [6, 6.07) is 20.5. The van der Waals surface area contributed by atoms with Gasteiger partial charge in [0.05, 0.1) is 36.2 Å². The number of nitrogens with zero attached hydrogens (tertiary/aromatic N) is 1. The molecule has 10 heteroatoms. The summed E-state index contributed by atoms with van der Waals surface area (Å²) in [7, 11) is 1.31. The summed E-state index contributed by atoms with van der Waals surface area (Å²) in [5, 5.41) is 16.2. The number of nitro groups is 1. The molecule has 2 N–H and O–H groups in total. The highest BCUT2D eigenvalue weighted by molar-refractivity contribution is 5.95. The number of carbonyl (C=O) groups is 3. The standard InChI is InChI=1S/C25H23N3O7/c1-34-22-14-19(28(32)33)12-13-20(22)26-23(29)16-35-24(30)15-21(17-8-4-2-5-9-17)27-25(31)18-10-6-3-7-11-18/h2-14,21H,15-16H2,1H3,(H,26,29)(H,27,31). The van der Waals surface area contributed by atoms with Crippen LogP contribution in [0.4, 0.5) is 11.4 Å². The Morgan fingerprint density at radius 2 is 1.63 bits per heavy atom. The summed E-state index contributed by atoms with van der Waals surface area (Å²) in [6.07, 6.45) is -0.198. The van der Waals surface area contributed by atoms with E-state index < -0.39 is 29.4 Å². The van der Waals surface area contributed by atoms with Crippen LogP contribution in [-0.4, -0.2) is 36.4 Å². The van der Waals surface area contributed by atoms with Crippen molar-refractivity contribution in [1.29, 1.82) is 0 Å². The van der Waals surface area contributed by atoms with Gasteiger partial charge in [-0.15, -0.1) is 0 Å². The first-order valence-electron chi connectivity index (χ1n) is 10.6. The van der Waals surface area contributed by atoms with Crippen LogP contribution < -0.4 is 15.4 Å². The molecule has 10 nitrogen and oxygen atoms in total. The lowest BCUT2D eigenvalue weighted by Crippen LogP contribution is -2.31. The number of benzene rings is 3. The van der Waals surface area contributed by atoms with Crippen LogP contribution in [0.25, 0.3) is 0 Å². The first kappa shape index (κ1) is 24.9. The number of nitrogens with one attached hydrogen (secondary N) is 2. The van der Waals surface area contributed by atoms with Crippen molar-refractivity contribution >= 4 is 29.2 Å². The second kappa shape index (κ2) is 11.9. The number of amides is 2. The van der Waals surface area contributed by atoms with Crippen LogP contribution in [0.15, 0.2) is 78.9 Å². The van der Waals surface area contributed by atoms with Gasteiger partial charge in [0.1, 0.15) is 5.75 Å². The zero-order valence-electron chi connectivity index (χ0n) is 18.8. The maximum absolute atomic E-state index is 12.6. The second-order valence-electron chi connectivity index (χ2n) is 7.36. The third kappa shape index (κ3) is 7.13. The van der Waals surface area contributed by atoms with Crippen molar-refractivity contribution < 1.29 is 28.8 Å². The van der Waals surface area contributed by atoms with Crippen molar-refractivity contribution in [3.05, 3.63) is 100 Å². The third-order valence-corrected chi connectivity index (χ3v) is 4.95. The Labute approximate surface area is 201 Å². The molecule has 0 bridgehead atoms. The van der Waals surface area contributed by atoms with Gasteiger partial charge >= 0.3 is 5.97 Å². The summed E-state index contributed by atoms with van der Waals surface area (Å²) in [5.74, 6) is -1.62. The minimum atomic E-state index is -0.696. The Kier molecular flexibility index (Phi) is 8.49. The molecule has 1 unspecified atom stereocenters. The van der Waals surface area contributed by atoms with Gasteiger partial charge in [-0.2, -0.15) is 0 Å². The molecular weight excluding hydrogens is 454 g/mol. The van der Waals surface area contributed by atoms with E-state index in [-0.39, 0.29) is 29.5 Å². The van der Waals surface area contributed by atoms with Gasteiger partial charge in [-0.1, -0.05) is 48.5 Å². The number of methoxy groups -OCH3 is 1. The normalized spacial score (nSPS) is 11.1. The van der Waals surface area contributed by atoms with Crippen LogP contribution in [0.5, 0.6) is 5.75 Å². The number of anilines is 1. The Morgan fingerprint density at radius 1 is 0.971 bits per heavy atom. The van der Waals surface area contributed by atoms with Gasteiger partial charge in [-0.05, 0) is 23.8 Å². The molecule has 0 fully saturated rings. The lowest BCUT2D eigenvalue weighted by atomic mass is 10.0. The maximum Gasteiger partial charge on any atom is 0.308 e. The van der Waals surface area contributed by atoms with Crippen LogP contribution >= 0.6 is 0 Å². The molecule has 0 saturated heterocycles. The van der Waals surface area contributed by atoms with E-state index in [4.69, 9.17) is 9.47 Å². The lowest BCUT2D eigenvalue weighted by Gasteiger charge is -2.19. The van der Waals surface area contributed by atoms with E-state index in [1.54, 1.807) is 54.6 Å². The number of esters is 1. The molecule has 0 radical (unpaired) electrons. The average molecular weight is 477 g/mol. The van der Waals surface area contributed by atoms with Crippen molar-refractivity contribution in [1.82, 2.24) is 5.32 Å². The number of nitro benzene ring substituents is 1. The van der Waals surface area contributed by atoms with Crippen molar-refractivity contribution in [2.45, 2.75) is 12.5 Å².